The topological polar surface area (TPSA) is 45.6 Å². The van der Waals surface area contributed by atoms with Gasteiger partial charge in [0.25, 0.3) is 0 Å². The van der Waals surface area contributed by atoms with Crippen molar-refractivity contribution in [3.05, 3.63) is 78.4 Å². The second-order valence-electron chi connectivity index (χ2n) is 7.85. The van der Waals surface area contributed by atoms with Crippen LogP contribution in [0.3, 0.4) is 0 Å². The van der Waals surface area contributed by atoms with Gasteiger partial charge in [-0.2, -0.15) is 0 Å². The first-order valence-electron chi connectivity index (χ1n) is 10.6. The Morgan fingerprint density at radius 1 is 1.10 bits per heavy atom. The molecule has 1 aromatic carbocycles. The minimum absolute atomic E-state index is 0.0211. The molecular formula is C24H29N5OS. The molecule has 0 amide bonds. The van der Waals surface area contributed by atoms with E-state index in [-0.39, 0.29) is 12.1 Å². The van der Waals surface area contributed by atoms with E-state index in [1.807, 2.05) is 37.4 Å². The van der Waals surface area contributed by atoms with Crippen LogP contribution in [0.5, 0.6) is 5.75 Å². The summed E-state index contributed by atoms with van der Waals surface area (Å²) < 4.78 is 7.84. The Labute approximate surface area is 189 Å². The SMILES string of the molecule is CCOc1ccc(-n2cccc2[C@@H]2[C@H](c3ccccn3)NC(=S)N2CCN(C)C)cc1. The predicted molar refractivity (Wildman–Crippen MR) is 128 cm³/mol. The molecule has 2 atom stereocenters. The lowest BCUT2D eigenvalue weighted by Crippen LogP contribution is -2.36. The molecule has 4 rings (SSSR count). The number of nitrogens with one attached hydrogen (secondary N) is 1. The number of aromatic nitrogens is 2. The third kappa shape index (κ3) is 4.57. The first-order valence-corrected chi connectivity index (χ1v) is 11.0. The van der Waals surface area contributed by atoms with Crippen LogP contribution in [0.25, 0.3) is 5.69 Å². The molecule has 162 valence electrons. The summed E-state index contributed by atoms with van der Waals surface area (Å²) >= 11 is 5.77. The van der Waals surface area contributed by atoms with Crippen LogP contribution in [-0.2, 0) is 0 Å². The van der Waals surface area contributed by atoms with Crippen LogP contribution in [0.2, 0.25) is 0 Å². The zero-order chi connectivity index (χ0) is 21.8. The number of hydrogen-bond acceptors (Lipinski definition) is 4. The molecule has 1 aliphatic rings. The van der Waals surface area contributed by atoms with Gasteiger partial charge < -0.3 is 24.4 Å². The average Bonchev–Trinajstić information content (AvgIpc) is 3.38. The van der Waals surface area contributed by atoms with E-state index in [1.165, 1.54) is 5.69 Å². The minimum Gasteiger partial charge on any atom is -0.494 e. The number of pyridine rings is 1. The van der Waals surface area contributed by atoms with Crippen LogP contribution in [0, 0.1) is 0 Å². The molecule has 0 unspecified atom stereocenters. The van der Waals surface area contributed by atoms with Gasteiger partial charge >= 0.3 is 0 Å². The summed E-state index contributed by atoms with van der Waals surface area (Å²) in [5.74, 6) is 0.877. The van der Waals surface area contributed by atoms with E-state index in [0.29, 0.717) is 6.61 Å². The predicted octanol–water partition coefficient (Wildman–Crippen LogP) is 3.81. The Bertz CT molecular complexity index is 1000. The number of hydrogen-bond donors (Lipinski definition) is 1. The normalized spacial score (nSPS) is 18.5. The molecule has 31 heavy (non-hydrogen) atoms. The summed E-state index contributed by atoms with van der Waals surface area (Å²) in [5.41, 5.74) is 3.25. The molecule has 3 aromatic rings. The van der Waals surface area contributed by atoms with Crippen molar-refractivity contribution in [2.75, 3.05) is 33.8 Å². The van der Waals surface area contributed by atoms with Crippen molar-refractivity contribution in [2.45, 2.75) is 19.0 Å². The van der Waals surface area contributed by atoms with Crippen LogP contribution in [0.4, 0.5) is 0 Å². The number of thiocarbonyl (C=S) groups is 1. The smallest absolute Gasteiger partial charge is 0.170 e. The molecule has 1 aliphatic heterocycles. The van der Waals surface area contributed by atoms with Crippen LogP contribution in [-0.4, -0.2) is 58.3 Å². The third-order valence-corrected chi connectivity index (χ3v) is 5.85. The van der Waals surface area contributed by atoms with Crippen LogP contribution in [0.1, 0.15) is 30.4 Å². The van der Waals surface area contributed by atoms with Crippen molar-refractivity contribution >= 4 is 17.3 Å². The quantitative estimate of drug-likeness (QED) is 0.543. The monoisotopic (exact) mass is 435 g/mol. The van der Waals surface area contributed by atoms with E-state index in [9.17, 15) is 0 Å². The van der Waals surface area contributed by atoms with E-state index in [0.717, 1.165) is 35.3 Å². The lowest BCUT2D eigenvalue weighted by Gasteiger charge is -2.29. The van der Waals surface area contributed by atoms with E-state index >= 15 is 0 Å². The number of rotatable bonds is 8. The molecule has 3 heterocycles. The molecule has 6 nitrogen and oxygen atoms in total. The number of nitrogens with zero attached hydrogens (tertiary/aromatic N) is 4. The summed E-state index contributed by atoms with van der Waals surface area (Å²) in [6, 6.07) is 18.5. The van der Waals surface area contributed by atoms with Gasteiger partial charge in [0.1, 0.15) is 5.75 Å². The summed E-state index contributed by atoms with van der Waals surface area (Å²) in [5, 5.41) is 4.30. The summed E-state index contributed by atoms with van der Waals surface area (Å²) in [6.07, 6.45) is 3.94. The van der Waals surface area contributed by atoms with Gasteiger partial charge in [-0.3, -0.25) is 4.98 Å². The van der Waals surface area contributed by atoms with Crippen molar-refractivity contribution in [3.63, 3.8) is 0 Å². The molecule has 0 spiro atoms. The zero-order valence-electron chi connectivity index (χ0n) is 18.2. The third-order valence-electron chi connectivity index (χ3n) is 5.50. The summed E-state index contributed by atoms with van der Waals surface area (Å²) in [6.45, 7) is 4.40. The molecule has 0 radical (unpaired) electrons. The maximum absolute atomic E-state index is 5.77. The standard InChI is InChI=1S/C24H29N5OS/c1-4-30-19-12-10-18(11-13-19)28-15-7-9-21(28)23-22(20-8-5-6-14-25-20)26-24(31)29(23)17-16-27(2)3/h5-15,22-23H,4,16-17H2,1-3H3,(H,26,31)/t22-,23+/m0/s1. The highest BCUT2D eigenvalue weighted by molar-refractivity contribution is 7.80. The molecule has 0 aliphatic carbocycles. The largest absolute Gasteiger partial charge is 0.494 e. The molecule has 0 bridgehead atoms. The Morgan fingerprint density at radius 3 is 2.58 bits per heavy atom. The van der Waals surface area contributed by atoms with Crippen molar-refractivity contribution in [1.82, 2.24) is 24.7 Å². The number of benzene rings is 1. The second kappa shape index (κ2) is 9.49. The van der Waals surface area contributed by atoms with Gasteiger partial charge in [-0.05, 0) is 81.8 Å². The molecular weight excluding hydrogens is 406 g/mol. The van der Waals surface area contributed by atoms with E-state index in [4.69, 9.17) is 17.0 Å². The van der Waals surface area contributed by atoms with E-state index in [2.05, 4.69) is 75.3 Å². The first-order chi connectivity index (χ1) is 15.1. The Morgan fingerprint density at radius 2 is 1.90 bits per heavy atom. The van der Waals surface area contributed by atoms with Gasteiger partial charge in [0.05, 0.1) is 24.4 Å². The van der Waals surface area contributed by atoms with Gasteiger partial charge in [-0.15, -0.1) is 0 Å². The number of likely N-dealkylation sites (N-methyl/N-ethyl adjacent to an activating group) is 1. The van der Waals surface area contributed by atoms with Crippen molar-refractivity contribution in [1.29, 1.82) is 0 Å². The van der Waals surface area contributed by atoms with Gasteiger partial charge in [0.2, 0.25) is 0 Å². The van der Waals surface area contributed by atoms with Crippen molar-refractivity contribution in [3.8, 4) is 11.4 Å². The van der Waals surface area contributed by atoms with Gasteiger partial charge in [0, 0.05) is 36.9 Å². The van der Waals surface area contributed by atoms with Crippen LogP contribution in [0.15, 0.2) is 67.0 Å². The molecule has 7 heteroatoms. The number of ether oxygens (including phenoxy) is 1. The maximum atomic E-state index is 5.77. The highest BCUT2D eigenvalue weighted by Crippen LogP contribution is 2.39. The lowest BCUT2D eigenvalue weighted by molar-refractivity contribution is 0.272. The Hall–Kier alpha value is -2.90. The molecule has 1 saturated heterocycles. The molecule has 0 saturated carbocycles. The van der Waals surface area contributed by atoms with Crippen molar-refractivity contribution < 1.29 is 4.74 Å². The maximum Gasteiger partial charge on any atom is 0.170 e. The zero-order valence-corrected chi connectivity index (χ0v) is 19.0. The van der Waals surface area contributed by atoms with Gasteiger partial charge in [0.15, 0.2) is 5.11 Å². The Kier molecular flexibility index (Phi) is 6.53. The minimum atomic E-state index is -0.0211. The molecule has 2 aromatic heterocycles. The lowest BCUT2D eigenvalue weighted by atomic mass is 10.0. The second-order valence-corrected chi connectivity index (χ2v) is 8.24. The first kappa shape index (κ1) is 21.3. The highest BCUT2D eigenvalue weighted by atomic mass is 32.1. The van der Waals surface area contributed by atoms with Crippen LogP contribution < -0.4 is 10.1 Å². The molecule has 1 N–H and O–H groups in total. The fourth-order valence-electron chi connectivity index (χ4n) is 4.02. The Balaban J connectivity index is 1.73. The van der Waals surface area contributed by atoms with Gasteiger partial charge in [-0.1, -0.05) is 6.07 Å². The van der Waals surface area contributed by atoms with E-state index in [1.54, 1.807) is 0 Å². The highest BCUT2D eigenvalue weighted by Gasteiger charge is 2.41. The summed E-state index contributed by atoms with van der Waals surface area (Å²) in [4.78, 5) is 9.10. The van der Waals surface area contributed by atoms with Crippen LogP contribution >= 0.6 is 12.2 Å². The van der Waals surface area contributed by atoms with Crippen molar-refractivity contribution in [2.24, 2.45) is 0 Å². The fraction of sp³-hybridized carbons (Fsp3) is 0.333. The van der Waals surface area contributed by atoms with Gasteiger partial charge in [-0.25, -0.2) is 0 Å². The summed E-state index contributed by atoms with van der Waals surface area (Å²) in [7, 11) is 4.17. The molecule has 1 fully saturated rings. The average molecular weight is 436 g/mol. The fourth-order valence-corrected chi connectivity index (χ4v) is 4.35. The van der Waals surface area contributed by atoms with E-state index < -0.39 is 0 Å².